The van der Waals surface area contributed by atoms with Crippen molar-refractivity contribution in [3.63, 3.8) is 0 Å². The Morgan fingerprint density at radius 3 is 2.46 bits per heavy atom. The molecule has 0 atom stereocenters. The zero-order valence-corrected chi connectivity index (χ0v) is 8.47. The first-order chi connectivity index (χ1) is 6.16. The minimum Gasteiger partial charge on any atom is -0.387 e. The fourth-order valence-corrected chi connectivity index (χ4v) is 0.924. The van der Waals surface area contributed by atoms with Gasteiger partial charge in [-0.05, 0) is 19.4 Å². The van der Waals surface area contributed by atoms with Gasteiger partial charge in [0.2, 0.25) is 5.91 Å². The predicted octanol–water partition coefficient (Wildman–Crippen LogP) is -0.127. The Kier molecular flexibility index (Phi) is 7.63. The largest absolute Gasteiger partial charge is 0.387 e. The van der Waals surface area contributed by atoms with E-state index in [1.165, 1.54) is 0 Å². The number of unbranched alkanes of at least 4 members (excludes halogenated alkanes) is 1. The van der Waals surface area contributed by atoms with Crippen molar-refractivity contribution in [2.75, 3.05) is 19.7 Å². The summed E-state index contributed by atoms with van der Waals surface area (Å²) in [7, 11) is 0. The summed E-state index contributed by atoms with van der Waals surface area (Å²) >= 11 is 0. The third-order valence-corrected chi connectivity index (χ3v) is 1.62. The molecule has 0 saturated carbocycles. The summed E-state index contributed by atoms with van der Waals surface area (Å²) in [6.07, 6.45) is 2.00. The van der Waals surface area contributed by atoms with Gasteiger partial charge in [0.1, 0.15) is 6.61 Å². The van der Waals surface area contributed by atoms with Crippen LogP contribution in [-0.2, 0) is 4.79 Å². The summed E-state index contributed by atoms with van der Waals surface area (Å²) in [6, 6.07) is 0.520. The van der Waals surface area contributed by atoms with Crippen LogP contribution in [0, 0.1) is 0 Å². The molecule has 0 saturated heterocycles. The number of hydrogen-bond acceptors (Lipinski definition) is 3. The van der Waals surface area contributed by atoms with Crippen LogP contribution in [0.2, 0.25) is 0 Å². The molecular formula is C9H20N2O2. The summed E-state index contributed by atoms with van der Waals surface area (Å²) in [5.74, 6) is -0.295. The van der Waals surface area contributed by atoms with Gasteiger partial charge in [0.05, 0.1) is 0 Å². The minimum atomic E-state index is -0.412. The average molecular weight is 188 g/mol. The van der Waals surface area contributed by atoms with Gasteiger partial charge >= 0.3 is 0 Å². The van der Waals surface area contributed by atoms with Gasteiger partial charge in [0.25, 0.3) is 0 Å². The van der Waals surface area contributed by atoms with Gasteiger partial charge in [-0.2, -0.15) is 0 Å². The van der Waals surface area contributed by atoms with Crippen molar-refractivity contribution in [1.29, 1.82) is 0 Å². The SMILES string of the molecule is CC(C)NCCCCNC(=O)CO. The lowest BCUT2D eigenvalue weighted by atomic mass is 10.3. The van der Waals surface area contributed by atoms with Crippen molar-refractivity contribution in [2.24, 2.45) is 0 Å². The molecule has 0 heterocycles. The molecule has 0 aromatic heterocycles. The van der Waals surface area contributed by atoms with Crippen molar-refractivity contribution in [3.05, 3.63) is 0 Å². The van der Waals surface area contributed by atoms with E-state index >= 15 is 0 Å². The molecule has 0 aromatic carbocycles. The lowest BCUT2D eigenvalue weighted by molar-refractivity contribution is -0.123. The molecular weight excluding hydrogens is 168 g/mol. The van der Waals surface area contributed by atoms with Crippen LogP contribution in [0.4, 0.5) is 0 Å². The number of aliphatic hydroxyl groups is 1. The van der Waals surface area contributed by atoms with Crippen LogP contribution in [0.3, 0.4) is 0 Å². The van der Waals surface area contributed by atoms with E-state index in [-0.39, 0.29) is 5.91 Å². The molecule has 0 aliphatic carbocycles. The molecule has 0 aromatic rings. The van der Waals surface area contributed by atoms with E-state index in [0.29, 0.717) is 12.6 Å². The summed E-state index contributed by atoms with van der Waals surface area (Å²) in [5.41, 5.74) is 0. The third kappa shape index (κ3) is 9.30. The van der Waals surface area contributed by atoms with Gasteiger partial charge in [-0.1, -0.05) is 13.8 Å². The Morgan fingerprint density at radius 1 is 1.31 bits per heavy atom. The molecule has 0 unspecified atom stereocenters. The van der Waals surface area contributed by atoms with E-state index in [0.717, 1.165) is 19.4 Å². The maximum atomic E-state index is 10.6. The predicted molar refractivity (Wildman–Crippen MR) is 52.5 cm³/mol. The highest BCUT2D eigenvalue weighted by Crippen LogP contribution is 1.86. The summed E-state index contributed by atoms with van der Waals surface area (Å²) in [6.45, 7) is 5.43. The maximum absolute atomic E-state index is 10.6. The van der Waals surface area contributed by atoms with E-state index in [2.05, 4.69) is 24.5 Å². The highest BCUT2D eigenvalue weighted by molar-refractivity contribution is 5.76. The molecule has 3 N–H and O–H groups in total. The molecule has 13 heavy (non-hydrogen) atoms. The summed E-state index contributed by atoms with van der Waals surface area (Å²) < 4.78 is 0. The van der Waals surface area contributed by atoms with Crippen molar-refractivity contribution >= 4 is 5.91 Å². The molecule has 0 aliphatic rings. The van der Waals surface area contributed by atoms with Crippen molar-refractivity contribution < 1.29 is 9.90 Å². The van der Waals surface area contributed by atoms with Crippen molar-refractivity contribution in [3.8, 4) is 0 Å². The van der Waals surface area contributed by atoms with Crippen LogP contribution in [0.5, 0.6) is 0 Å². The average Bonchev–Trinajstić information content (AvgIpc) is 2.10. The first-order valence-electron chi connectivity index (χ1n) is 4.77. The minimum absolute atomic E-state index is 0.295. The van der Waals surface area contributed by atoms with Crippen molar-refractivity contribution in [2.45, 2.75) is 32.7 Å². The van der Waals surface area contributed by atoms with Crippen LogP contribution >= 0.6 is 0 Å². The molecule has 0 bridgehead atoms. The smallest absolute Gasteiger partial charge is 0.245 e. The highest BCUT2D eigenvalue weighted by Gasteiger charge is 1.96. The lowest BCUT2D eigenvalue weighted by Crippen LogP contribution is -2.28. The van der Waals surface area contributed by atoms with Crippen LogP contribution in [0.15, 0.2) is 0 Å². The molecule has 0 radical (unpaired) electrons. The fourth-order valence-electron chi connectivity index (χ4n) is 0.924. The third-order valence-electron chi connectivity index (χ3n) is 1.62. The molecule has 4 nitrogen and oxygen atoms in total. The zero-order chi connectivity index (χ0) is 10.1. The molecule has 0 rings (SSSR count). The maximum Gasteiger partial charge on any atom is 0.245 e. The number of carbonyl (C=O) groups is 1. The van der Waals surface area contributed by atoms with E-state index in [9.17, 15) is 4.79 Å². The summed E-state index contributed by atoms with van der Waals surface area (Å²) in [4.78, 5) is 10.6. The fraction of sp³-hybridized carbons (Fsp3) is 0.889. The molecule has 1 amide bonds. The highest BCUT2D eigenvalue weighted by atomic mass is 16.3. The molecule has 78 valence electrons. The topological polar surface area (TPSA) is 61.4 Å². The van der Waals surface area contributed by atoms with E-state index in [1.54, 1.807) is 0 Å². The first-order valence-corrected chi connectivity index (χ1v) is 4.77. The molecule has 4 heteroatoms. The quantitative estimate of drug-likeness (QED) is 0.488. The number of amides is 1. The van der Waals surface area contributed by atoms with Crippen LogP contribution < -0.4 is 10.6 Å². The van der Waals surface area contributed by atoms with E-state index in [1.807, 2.05) is 0 Å². The monoisotopic (exact) mass is 188 g/mol. The molecule has 0 spiro atoms. The standard InChI is InChI=1S/C9H20N2O2/c1-8(2)10-5-3-4-6-11-9(13)7-12/h8,10,12H,3-7H2,1-2H3,(H,11,13). The second kappa shape index (κ2) is 8.01. The molecule has 0 fully saturated rings. The number of nitrogens with one attached hydrogen (secondary N) is 2. The van der Waals surface area contributed by atoms with Crippen LogP contribution in [0.1, 0.15) is 26.7 Å². The number of aliphatic hydroxyl groups excluding tert-OH is 1. The van der Waals surface area contributed by atoms with Gasteiger partial charge in [-0.25, -0.2) is 0 Å². The number of rotatable bonds is 7. The second-order valence-corrected chi connectivity index (χ2v) is 3.32. The first kappa shape index (κ1) is 12.4. The van der Waals surface area contributed by atoms with E-state index < -0.39 is 6.61 Å². The number of hydrogen-bond donors (Lipinski definition) is 3. The van der Waals surface area contributed by atoms with Gasteiger partial charge in [-0.15, -0.1) is 0 Å². The van der Waals surface area contributed by atoms with Gasteiger partial charge < -0.3 is 15.7 Å². The summed E-state index contributed by atoms with van der Waals surface area (Å²) in [5, 5.41) is 14.3. The number of carbonyl (C=O) groups excluding carboxylic acids is 1. The second-order valence-electron chi connectivity index (χ2n) is 3.32. The molecule has 0 aliphatic heterocycles. The van der Waals surface area contributed by atoms with Gasteiger partial charge in [0.15, 0.2) is 0 Å². The lowest BCUT2D eigenvalue weighted by Gasteiger charge is -2.07. The van der Waals surface area contributed by atoms with Crippen LogP contribution in [0.25, 0.3) is 0 Å². The van der Waals surface area contributed by atoms with Crippen LogP contribution in [-0.4, -0.2) is 36.8 Å². The van der Waals surface area contributed by atoms with E-state index in [4.69, 9.17) is 5.11 Å². The van der Waals surface area contributed by atoms with Crippen molar-refractivity contribution in [1.82, 2.24) is 10.6 Å². The van der Waals surface area contributed by atoms with Gasteiger partial charge in [0, 0.05) is 12.6 Å². The Hall–Kier alpha value is -0.610. The Bertz CT molecular complexity index is 138. The Balaban J connectivity index is 3.04. The normalized spacial score (nSPS) is 10.5. The zero-order valence-electron chi connectivity index (χ0n) is 8.47. The van der Waals surface area contributed by atoms with Gasteiger partial charge in [-0.3, -0.25) is 4.79 Å². The Labute approximate surface area is 79.7 Å². The Morgan fingerprint density at radius 2 is 1.92 bits per heavy atom.